The maximum Gasteiger partial charge on any atom is 0.423 e. The monoisotopic (exact) mass is 222 g/mol. The summed E-state index contributed by atoms with van der Waals surface area (Å²) < 4.78 is 36.4. The number of alkyl halides is 3. The first-order chi connectivity index (χ1) is 6.41. The standard InChI is InChI=1S/C8H5F3O2S/c9-8(10,11)6(7(12)13)4-5-2-1-3-14-5/h1-4H,(H,12,13). The van der Waals surface area contributed by atoms with Gasteiger partial charge in [-0.25, -0.2) is 4.79 Å². The molecule has 0 fully saturated rings. The van der Waals surface area contributed by atoms with Crippen LogP contribution in [-0.4, -0.2) is 17.3 Å². The van der Waals surface area contributed by atoms with Crippen molar-refractivity contribution in [3.8, 4) is 0 Å². The minimum atomic E-state index is -4.82. The first kappa shape index (κ1) is 10.8. The van der Waals surface area contributed by atoms with Crippen LogP contribution in [0.15, 0.2) is 23.1 Å². The van der Waals surface area contributed by atoms with E-state index in [0.29, 0.717) is 6.08 Å². The molecule has 1 rings (SSSR count). The van der Waals surface area contributed by atoms with Gasteiger partial charge >= 0.3 is 12.1 Å². The number of thiophene rings is 1. The van der Waals surface area contributed by atoms with Crippen molar-refractivity contribution in [2.75, 3.05) is 0 Å². The van der Waals surface area contributed by atoms with Gasteiger partial charge in [-0.05, 0) is 17.5 Å². The summed E-state index contributed by atoms with van der Waals surface area (Å²) in [6, 6.07) is 2.96. The van der Waals surface area contributed by atoms with Gasteiger partial charge in [0, 0.05) is 4.88 Å². The van der Waals surface area contributed by atoms with Crippen LogP contribution in [0.5, 0.6) is 0 Å². The number of carbonyl (C=O) groups is 1. The maximum atomic E-state index is 12.1. The zero-order chi connectivity index (χ0) is 10.8. The minimum absolute atomic E-state index is 0.264. The smallest absolute Gasteiger partial charge is 0.423 e. The lowest BCUT2D eigenvalue weighted by Gasteiger charge is -2.05. The van der Waals surface area contributed by atoms with Crippen molar-refractivity contribution in [1.29, 1.82) is 0 Å². The highest BCUT2D eigenvalue weighted by molar-refractivity contribution is 7.10. The van der Waals surface area contributed by atoms with E-state index in [9.17, 15) is 18.0 Å². The van der Waals surface area contributed by atoms with Crippen molar-refractivity contribution >= 4 is 23.4 Å². The van der Waals surface area contributed by atoms with Crippen LogP contribution in [-0.2, 0) is 4.79 Å². The number of carboxylic acids is 1. The molecular formula is C8H5F3O2S. The summed E-state index contributed by atoms with van der Waals surface area (Å²) in [5.41, 5.74) is -1.56. The fourth-order valence-electron chi connectivity index (χ4n) is 0.780. The van der Waals surface area contributed by atoms with E-state index in [4.69, 9.17) is 5.11 Å². The van der Waals surface area contributed by atoms with Crippen molar-refractivity contribution in [3.05, 3.63) is 28.0 Å². The molecule has 0 spiro atoms. The van der Waals surface area contributed by atoms with E-state index in [2.05, 4.69) is 0 Å². The van der Waals surface area contributed by atoms with Crippen LogP contribution < -0.4 is 0 Å². The van der Waals surface area contributed by atoms with Crippen molar-refractivity contribution in [1.82, 2.24) is 0 Å². The molecule has 6 heteroatoms. The molecule has 0 aromatic carbocycles. The first-order valence-corrected chi connectivity index (χ1v) is 4.35. The van der Waals surface area contributed by atoms with Gasteiger partial charge in [0.15, 0.2) is 0 Å². The molecule has 0 aliphatic carbocycles. The quantitative estimate of drug-likeness (QED) is 0.781. The highest BCUT2D eigenvalue weighted by atomic mass is 32.1. The molecule has 1 N–H and O–H groups in total. The third-order valence-corrected chi connectivity index (χ3v) is 2.18. The van der Waals surface area contributed by atoms with Crippen LogP contribution in [0.3, 0.4) is 0 Å². The molecule has 0 amide bonds. The zero-order valence-electron chi connectivity index (χ0n) is 6.71. The highest BCUT2D eigenvalue weighted by Crippen LogP contribution is 2.28. The molecule has 0 radical (unpaired) electrons. The molecule has 0 saturated carbocycles. The predicted molar refractivity (Wildman–Crippen MR) is 46.0 cm³/mol. The third kappa shape index (κ3) is 2.59. The molecule has 1 aromatic heterocycles. The Balaban J connectivity index is 3.07. The van der Waals surface area contributed by atoms with Gasteiger partial charge in [-0.1, -0.05) is 6.07 Å². The zero-order valence-corrected chi connectivity index (χ0v) is 7.52. The van der Waals surface area contributed by atoms with E-state index < -0.39 is 17.7 Å². The average Bonchev–Trinajstić information content (AvgIpc) is 2.48. The summed E-state index contributed by atoms with van der Waals surface area (Å²) in [6.45, 7) is 0. The number of halogens is 3. The van der Waals surface area contributed by atoms with E-state index in [1.165, 1.54) is 6.07 Å². The second-order valence-corrected chi connectivity index (χ2v) is 3.36. The van der Waals surface area contributed by atoms with Gasteiger partial charge in [0.1, 0.15) is 5.57 Å². The Hall–Kier alpha value is -1.30. The van der Waals surface area contributed by atoms with Crippen LogP contribution in [0.25, 0.3) is 6.08 Å². The van der Waals surface area contributed by atoms with E-state index in [0.717, 1.165) is 11.3 Å². The normalized spacial score (nSPS) is 12.9. The number of carboxylic acid groups (broad SMARTS) is 1. The fourth-order valence-corrected chi connectivity index (χ4v) is 1.44. The number of aliphatic carboxylic acids is 1. The van der Waals surface area contributed by atoms with Crippen molar-refractivity contribution < 1.29 is 23.1 Å². The summed E-state index contributed by atoms with van der Waals surface area (Å²) >= 11 is 1.05. The van der Waals surface area contributed by atoms with Crippen molar-refractivity contribution in [2.24, 2.45) is 0 Å². The van der Waals surface area contributed by atoms with E-state index in [1.54, 1.807) is 11.4 Å². The number of hydrogen-bond donors (Lipinski definition) is 1. The van der Waals surface area contributed by atoms with Crippen LogP contribution in [0, 0.1) is 0 Å². The molecule has 0 aliphatic heterocycles. The van der Waals surface area contributed by atoms with Gasteiger partial charge in [0.25, 0.3) is 0 Å². The Bertz CT molecular complexity index is 351. The van der Waals surface area contributed by atoms with Gasteiger partial charge in [-0.3, -0.25) is 0 Å². The molecule has 0 bridgehead atoms. The van der Waals surface area contributed by atoms with E-state index in [-0.39, 0.29) is 4.88 Å². The molecular weight excluding hydrogens is 217 g/mol. The van der Waals surface area contributed by atoms with Gasteiger partial charge < -0.3 is 5.11 Å². The van der Waals surface area contributed by atoms with Gasteiger partial charge in [0.05, 0.1) is 0 Å². The summed E-state index contributed by atoms with van der Waals surface area (Å²) in [7, 11) is 0. The molecule has 0 saturated heterocycles. The summed E-state index contributed by atoms with van der Waals surface area (Å²) in [4.78, 5) is 10.6. The molecule has 76 valence electrons. The Labute approximate surface area is 81.3 Å². The molecule has 2 nitrogen and oxygen atoms in total. The van der Waals surface area contributed by atoms with Crippen LogP contribution in [0.2, 0.25) is 0 Å². The number of hydrogen-bond acceptors (Lipinski definition) is 2. The van der Waals surface area contributed by atoms with Crippen molar-refractivity contribution in [3.63, 3.8) is 0 Å². The molecule has 0 unspecified atom stereocenters. The first-order valence-electron chi connectivity index (χ1n) is 3.47. The maximum absolute atomic E-state index is 12.1. The van der Waals surface area contributed by atoms with Crippen LogP contribution in [0.4, 0.5) is 13.2 Å². The van der Waals surface area contributed by atoms with Crippen LogP contribution >= 0.6 is 11.3 Å². The largest absolute Gasteiger partial charge is 0.478 e. The van der Waals surface area contributed by atoms with E-state index in [1.807, 2.05) is 0 Å². The van der Waals surface area contributed by atoms with Crippen LogP contribution in [0.1, 0.15) is 4.88 Å². The minimum Gasteiger partial charge on any atom is -0.478 e. The third-order valence-electron chi connectivity index (χ3n) is 1.37. The molecule has 14 heavy (non-hydrogen) atoms. The fraction of sp³-hybridized carbons (Fsp3) is 0.125. The Morgan fingerprint density at radius 1 is 1.50 bits per heavy atom. The van der Waals surface area contributed by atoms with Gasteiger partial charge in [0.2, 0.25) is 0 Å². The summed E-state index contributed by atoms with van der Waals surface area (Å²) in [6.07, 6.45) is -4.21. The van der Waals surface area contributed by atoms with E-state index >= 15 is 0 Å². The van der Waals surface area contributed by atoms with Gasteiger partial charge in [-0.15, -0.1) is 11.3 Å². The van der Waals surface area contributed by atoms with Crippen molar-refractivity contribution in [2.45, 2.75) is 6.18 Å². The average molecular weight is 222 g/mol. The number of rotatable bonds is 2. The highest BCUT2D eigenvalue weighted by Gasteiger charge is 2.38. The molecule has 1 heterocycles. The lowest BCUT2D eigenvalue weighted by atomic mass is 10.2. The molecule has 1 aromatic rings. The SMILES string of the molecule is O=C(O)C(=Cc1cccs1)C(F)(F)F. The van der Waals surface area contributed by atoms with Gasteiger partial charge in [-0.2, -0.15) is 13.2 Å². The lowest BCUT2D eigenvalue weighted by molar-refractivity contribution is -0.144. The summed E-state index contributed by atoms with van der Waals surface area (Å²) in [5.74, 6) is -1.97. The Morgan fingerprint density at radius 2 is 2.14 bits per heavy atom. The second kappa shape index (κ2) is 3.83. The predicted octanol–water partition coefficient (Wildman–Crippen LogP) is 2.78. The topological polar surface area (TPSA) is 37.3 Å². The second-order valence-electron chi connectivity index (χ2n) is 2.38. The lowest BCUT2D eigenvalue weighted by Crippen LogP contribution is -2.19. The summed E-state index contributed by atoms with van der Waals surface area (Å²) in [5, 5.41) is 9.90. The molecule has 0 atom stereocenters. The Morgan fingerprint density at radius 3 is 2.50 bits per heavy atom. The Kier molecular flexibility index (Phi) is 2.95. The molecule has 0 aliphatic rings.